The van der Waals surface area contributed by atoms with Crippen molar-refractivity contribution in [1.82, 2.24) is 24.2 Å². The first kappa shape index (κ1) is 22.9. The van der Waals surface area contributed by atoms with Gasteiger partial charge in [-0.3, -0.25) is 9.59 Å². The van der Waals surface area contributed by atoms with Gasteiger partial charge in [0.1, 0.15) is 12.1 Å². The Bertz CT molecular complexity index is 1350. The number of piperazine rings is 1. The Morgan fingerprint density at radius 1 is 0.970 bits per heavy atom. The van der Waals surface area contributed by atoms with Crippen LogP contribution in [-0.4, -0.2) is 64.7 Å². The molecular formula is C20H18F3N5O4S. The Labute approximate surface area is 186 Å². The van der Waals surface area contributed by atoms with Crippen LogP contribution in [0.4, 0.5) is 13.2 Å². The molecular weight excluding hydrogens is 463 g/mol. The number of carbonyl (C=O) groups is 1. The Kier molecular flexibility index (Phi) is 5.93. The number of halogens is 3. The molecule has 1 aliphatic rings. The van der Waals surface area contributed by atoms with Gasteiger partial charge in [-0.25, -0.2) is 13.1 Å². The van der Waals surface area contributed by atoms with Crippen molar-refractivity contribution in [2.45, 2.75) is 17.6 Å². The molecule has 0 saturated carbocycles. The average Bonchev–Trinajstić information content (AvgIpc) is 2.80. The topological polar surface area (TPSA) is 105 Å². The van der Waals surface area contributed by atoms with Crippen molar-refractivity contribution in [3.05, 3.63) is 64.4 Å². The van der Waals surface area contributed by atoms with Crippen molar-refractivity contribution in [1.29, 1.82) is 0 Å². The molecule has 0 unspecified atom stereocenters. The molecule has 1 aromatic heterocycles. The average molecular weight is 481 g/mol. The fraction of sp³-hybridized carbons (Fsp3) is 0.300. The number of nitrogens with zero attached hydrogens (tertiary/aromatic N) is 5. The summed E-state index contributed by atoms with van der Waals surface area (Å²) >= 11 is 0. The number of aromatic nitrogens is 3. The van der Waals surface area contributed by atoms with Gasteiger partial charge in [0, 0.05) is 26.2 Å². The molecule has 0 bridgehead atoms. The summed E-state index contributed by atoms with van der Waals surface area (Å²) in [4.78, 5) is 26.3. The number of hydrogen-bond acceptors (Lipinski definition) is 6. The summed E-state index contributed by atoms with van der Waals surface area (Å²) in [7, 11) is -4.01. The molecule has 3 aromatic rings. The minimum Gasteiger partial charge on any atom is -0.338 e. The molecule has 1 fully saturated rings. The number of fused-ring (bicyclic) bond motifs is 1. The molecule has 0 N–H and O–H groups in total. The number of benzene rings is 2. The molecule has 4 rings (SSSR count). The van der Waals surface area contributed by atoms with E-state index in [-0.39, 0.29) is 37.6 Å². The van der Waals surface area contributed by atoms with Gasteiger partial charge in [0.05, 0.1) is 15.8 Å². The van der Waals surface area contributed by atoms with E-state index < -0.39 is 33.2 Å². The van der Waals surface area contributed by atoms with Gasteiger partial charge in [0.15, 0.2) is 0 Å². The second-order valence-corrected chi connectivity index (χ2v) is 9.31. The molecule has 2 heterocycles. The SMILES string of the molecule is O=C(Cn1nnc2ccccc2c1=O)N1CCN(S(=O)(=O)c2ccc(C(F)(F)F)cc2)CC1. The van der Waals surface area contributed by atoms with E-state index in [0.29, 0.717) is 10.9 Å². The highest BCUT2D eigenvalue weighted by Gasteiger charge is 2.33. The minimum atomic E-state index is -4.56. The highest BCUT2D eigenvalue weighted by molar-refractivity contribution is 7.89. The van der Waals surface area contributed by atoms with Gasteiger partial charge in [-0.1, -0.05) is 17.3 Å². The third-order valence-corrected chi connectivity index (χ3v) is 7.24. The number of carbonyl (C=O) groups excluding carboxylic acids is 1. The molecule has 0 atom stereocenters. The maximum atomic E-state index is 12.8. The number of hydrogen-bond donors (Lipinski definition) is 0. The van der Waals surface area contributed by atoms with Gasteiger partial charge < -0.3 is 4.90 Å². The lowest BCUT2D eigenvalue weighted by molar-refractivity contribution is -0.137. The smallest absolute Gasteiger partial charge is 0.338 e. The van der Waals surface area contributed by atoms with Crippen LogP contribution in [0.1, 0.15) is 5.56 Å². The maximum absolute atomic E-state index is 12.8. The maximum Gasteiger partial charge on any atom is 0.416 e. The zero-order valence-electron chi connectivity index (χ0n) is 17.1. The van der Waals surface area contributed by atoms with Crippen molar-refractivity contribution in [2.24, 2.45) is 0 Å². The summed E-state index contributed by atoms with van der Waals surface area (Å²) in [5.74, 6) is -0.423. The predicted octanol–water partition coefficient (Wildman–Crippen LogP) is 1.34. The van der Waals surface area contributed by atoms with E-state index in [4.69, 9.17) is 0 Å². The lowest BCUT2D eigenvalue weighted by Gasteiger charge is -2.34. The van der Waals surface area contributed by atoms with E-state index in [1.165, 1.54) is 4.90 Å². The van der Waals surface area contributed by atoms with Crippen molar-refractivity contribution >= 4 is 26.8 Å². The van der Waals surface area contributed by atoms with Gasteiger partial charge >= 0.3 is 6.18 Å². The van der Waals surface area contributed by atoms with Gasteiger partial charge in [-0.2, -0.15) is 17.5 Å². The molecule has 174 valence electrons. The van der Waals surface area contributed by atoms with E-state index in [1.807, 2.05) is 0 Å². The molecule has 1 saturated heterocycles. The van der Waals surface area contributed by atoms with E-state index in [2.05, 4.69) is 10.3 Å². The lowest BCUT2D eigenvalue weighted by Crippen LogP contribution is -2.51. The number of alkyl halides is 3. The number of sulfonamides is 1. The molecule has 0 aliphatic carbocycles. The van der Waals surface area contributed by atoms with E-state index in [9.17, 15) is 31.2 Å². The second kappa shape index (κ2) is 8.56. The molecule has 13 heteroatoms. The highest BCUT2D eigenvalue weighted by Crippen LogP contribution is 2.30. The Morgan fingerprint density at radius 3 is 2.24 bits per heavy atom. The van der Waals surface area contributed by atoms with Crippen LogP contribution in [0.25, 0.3) is 10.9 Å². The summed E-state index contributed by atoms with van der Waals surface area (Å²) in [6.45, 7) is -0.286. The third-order valence-electron chi connectivity index (χ3n) is 5.33. The predicted molar refractivity (Wildman–Crippen MR) is 111 cm³/mol. The van der Waals surface area contributed by atoms with E-state index in [1.54, 1.807) is 24.3 Å². The van der Waals surface area contributed by atoms with Crippen LogP contribution in [0.15, 0.2) is 58.2 Å². The second-order valence-electron chi connectivity index (χ2n) is 7.38. The fourth-order valence-corrected chi connectivity index (χ4v) is 4.92. The fourth-order valence-electron chi connectivity index (χ4n) is 3.50. The molecule has 1 amide bonds. The van der Waals surface area contributed by atoms with Crippen LogP contribution in [0.3, 0.4) is 0 Å². The standard InChI is InChI=1S/C20H18F3N5O4S/c21-20(22,23)14-5-7-15(8-6-14)33(31,32)27-11-9-26(10-12-27)18(29)13-28-19(30)16-3-1-2-4-17(16)24-25-28/h1-8H,9-13H2. The van der Waals surface area contributed by atoms with E-state index >= 15 is 0 Å². The first-order valence-electron chi connectivity index (χ1n) is 9.85. The zero-order chi connectivity index (χ0) is 23.8. The van der Waals surface area contributed by atoms with Crippen molar-refractivity contribution in [3.8, 4) is 0 Å². The Balaban J connectivity index is 1.41. The Morgan fingerprint density at radius 2 is 1.61 bits per heavy atom. The largest absolute Gasteiger partial charge is 0.416 e. The van der Waals surface area contributed by atoms with Crippen LogP contribution >= 0.6 is 0 Å². The van der Waals surface area contributed by atoms with Crippen LogP contribution in [0.5, 0.6) is 0 Å². The first-order valence-corrected chi connectivity index (χ1v) is 11.3. The van der Waals surface area contributed by atoms with E-state index in [0.717, 1.165) is 33.3 Å². The first-order chi connectivity index (χ1) is 15.6. The molecule has 1 aliphatic heterocycles. The molecule has 0 radical (unpaired) electrons. The zero-order valence-corrected chi connectivity index (χ0v) is 17.9. The van der Waals surface area contributed by atoms with Crippen molar-refractivity contribution in [2.75, 3.05) is 26.2 Å². The number of rotatable bonds is 4. The highest BCUT2D eigenvalue weighted by atomic mass is 32.2. The van der Waals surface area contributed by atoms with Crippen LogP contribution < -0.4 is 5.56 Å². The number of amides is 1. The van der Waals surface area contributed by atoms with Crippen LogP contribution in [0.2, 0.25) is 0 Å². The molecule has 0 spiro atoms. The normalized spacial score (nSPS) is 15.7. The van der Waals surface area contributed by atoms with Gasteiger partial charge in [0.2, 0.25) is 15.9 Å². The lowest BCUT2D eigenvalue weighted by atomic mass is 10.2. The summed E-state index contributed by atoms with van der Waals surface area (Å²) < 4.78 is 65.8. The summed E-state index contributed by atoms with van der Waals surface area (Å²) in [5.41, 5.74) is -0.991. The molecule has 2 aromatic carbocycles. The summed E-state index contributed by atoms with van der Waals surface area (Å²) in [6, 6.07) is 9.87. The van der Waals surface area contributed by atoms with Crippen LogP contribution in [-0.2, 0) is 27.5 Å². The Hall–Kier alpha value is -3.32. The minimum absolute atomic E-state index is 0.0343. The van der Waals surface area contributed by atoms with Gasteiger partial charge in [-0.15, -0.1) is 5.10 Å². The van der Waals surface area contributed by atoms with Gasteiger partial charge in [-0.05, 0) is 36.4 Å². The van der Waals surface area contributed by atoms with Crippen molar-refractivity contribution < 1.29 is 26.4 Å². The quantitative estimate of drug-likeness (QED) is 0.557. The molecule has 33 heavy (non-hydrogen) atoms. The van der Waals surface area contributed by atoms with Crippen molar-refractivity contribution in [3.63, 3.8) is 0 Å². The van der Waals surface area contributed by atoms with Gasteiger partial charge in [0.25, 0.3) is 5.56 Å². The molecule has 9 nitrogen and oxygen atoms in total. The summed E-state index contributed by atoms with van der Waals surface area (Å²) in [5, 5.41) is 8.03. The third kappa shape index (κ3) is 4.59. The monoisotopic (exact) mass is 481 g/mol. The van der Waals surface area contributed by atoms with Crippen LogP contribution in [0, 0.1) is 0 Å². The summed E-state index contributed by atoms with van der Waals surface area (Å²) in [6.07, 6.45) is -4.56.